The zero-order valence-electron chi connectivity index (χ0n) is 20.0. The second-order valence-electron chi connectivity index (χ2n) is 8.43. The molecule has 0 radical (unpaired) electrons. The van der Waals surface area contributed by atoms with Gasteiger partial charge in [-0.25, -0.2) is 0 Å². The Labute approximate surface area is 214 Å². The number of nitrogens with zero attached hydrogens (tertiary/aromatic N) is 2. The number of hydrogen-bond donors (Lipinski definition) is 1. The summed E-state index contributed by atoms with van der Waals surface area (Å²) in [7, 11) is 3.26. The van der Waals surface area contributed by atoms with Gasteiger partial charge in [0.25, 0.3) is 5.91 Å². The van der Waals surface area contributed by atoms with Crippen LogP contribution in [0.1, 0.15) is 33.2 Å². The van der Waals surface area contributed by atoms with Crippen LogP contribution in [0.25, 0.3) is 11.3 Å². The molecule has 4 aromatic rings. The van der Waals surface area contributed by atoms with Crippen LogP contribution in [0.3, 0.4) is 0 Å². The van der Waals surface area contributed by atoms with Crippen molar-refractivity contribution in [3.63, 3.8) is 0 Å². The van der Waals surface area contributed by atoms with Crippen LogP contribution in [0, 0.1) is 0 Å². The van der Waals surface area contributed by atoms with E-state index in [9.17, 15) is 4.79 Å². The number of halogens is 1. The average Bonchev–Trinajstić information content (AvgIpc) is 3.46. The lowest BCUT2D eigenvalue weighted by Crippen LogP contribution is -2.32. The fourth-order valence-corrected chi connectivity index (χ4v) is 4.65. The molecule has 1 aromatic heterocycles. The molecule has 1 aliphatic heterocycles. The number of ether oxygens (including phenoxy) is 3. The van der Waals surface area contributed by atoms with E-state index in [4.69, 9.17) is 25.8 Å². The van der Waals surface area contributed by atoms with Crippen molar-refractivity contribution >= 4 is 17.5 Å². The van der Waals surface area contributed by atoms with Crippen LogP contribution >= 0.6 is 11.6 Å². The third kappa shape index (κ3) is 4.55. The number of aromatic nitrogens is 2. The molecule has 36 heavy (non-hydrogen) atoms. The van der Waals surface area contributed by atoms with E-state index in [1.54, 1.807) is 14.2 Å². The Balaban J connectivity index is 1.46. The molecule has 1 atom stereocenters. The molecule has 0 spiro atoms. The van der Waals surface area contributed by atoms with Crippen molar-refractivity contribution in [3.05, 3.63) is 100 Å². The van der Waals surface area contributed by atoms with E-state index in [2.05, 4.69) is 10.2 Å². The minimum Gasteiger partial charge on any atom is -0.497 e. The lowest BCUT2D eigenvalue weighted by Gasteiger charge is -2.26. The Morgan fingerprint density at radius 2 is 1.69 bits per heavy atom. The summed E-state index contributed by atoms with van der Waals surface area (Å²) in [6, 6.07) is 22.8. The number of aromatic amines is 1. The number of methoxy groups -OCH3 is 2. The number of fused-ring (bicyclic) bond motifs is 1. The van der Waals surface area contributed by atoms with Gasteiger partial charge in [0.05, 0.1) is 25.5 Å². The van der Waals surface area contributed by atoms with Gasteiger partial charge in [-0.1, -0.05) is 41.9 Å². The number of carbonyl (C=O) groups is 1. The summed E-state index contributed by atoms with van der Waals surface area (Å²) < 4.78 is 16.5. The van der Waals surface area contributed by atoms with Crippen molar-refractivity contribution in [1.82, 2.24) is 15.1 Å². The summed E-state index contributed by atoms with van der Waals surface area (Å²) in [6.45, 7) is 1.25. The summed E-state index contributed by atoms with van der Waals surface area (Å²) in [5.74, 6) is 1.38. The van der Waals surface area contributed by atoms with Crippen LogP contribution in [0.5, 0.6) is 11.5 Å². The van der Waals surface area contributed by atoms with E-state index in [1.165, 1.54) is 0 Å². The molecule has 184 valence electrons. The summed E-state index contributed by atoms with van der Waals surface area (Å²) in [4.78, 5) is 15.2. The van der Waals surface area contributed by atoms with Crippen LogP contribution in [0.15, 0.2) is 72.8 Å². The van der Waals surface area contributed by atoms with Crippen molar-refractivity contribution in [1.29, 1.82) is 0 Å². The summed E-state index contributed by atoms with van der Waals surface area (Å²) in [5.41, 5.74) is 4.87. The van der Waals surface area contributed by atoms with Gasteiger partial charge < -0.3 is 19.1 Å². The fraction of sp³-hybridized carbons (Fsp3) is 0.214. The highest BCUT2D eigenvalue weighted by atomic mass is 35.5. The molecule has 3 aromatic carbocycles. The van der Waals surface area contributed by atoms with Gasteiger partial charge in [0, 0.05) is 35.4 Å². The van der Waals surface area contributed by atoms with Crippen LogP contribution in [-0.4, -0.2) is 48.4 Å². The number of hydrogen-bond acceptors (Lipinski definition) is 5. The van der Waals surface area contributed by atoms with Gasteiger partial charge in [-0.15, -0.1) is 0 Å². The van der Waals surface area contributed by atoms with E-state index in [1.807, 2.05) is 77.7 Å². The van der Waals surface area contributed by atoms with Crippen molar-refractivity contribution in [3.8, 4) is 22.8 Å². The maximum absolute atomic E-state index is 13.3. The molecular formula is C28H26ClN3O4. The Morgan fingerprint density at radius 3 is 2.39 bits per heavy atom. The molecule has 0 saturated heterocycles. The van der Waals surface area contributed by atoms with Gasteiger partial charge in [0.1, 0.15) is 23.8 Å². The molecule has 1 aliphatic rings. The average molecular weight is 504 g/mol. The lowest BCUT2D eigenvalue weighted by molar-refractivity contribution is 0.0677. The van der Waals surface area contributed by atoms with Crippen LogP contribution in [-0.2, 0) is 11.3 Å². The highest BCUT2D eigenvalue weighted by Gasteiger charge is 2.41. The zero-order valence-corrected chi connectivity index (χ0v) is 20.8. The van der Waals surface area contributed by atoms with Crippen LogP contribution in [0.4, 0.5) is 0 Å². The third-order valence-electron chi connectivity index (χ3n) is 6.31. The molecule has 7 nitrogen and oxygen atoms in total. The van der Waals surface area contributed by atoms with Gasteiger partial charge >= 0.3 is 0 Å². The predicted molar refractivity (Wildman–Crippen MR) is 138 cm³/mol. The minimum absolute atomic E-state index is 0.0987. The minimum atomic E-state index is -0.309. The SMILES string of the molecule is COCCN1C(=O)c2[nH]nc(-c3ccc(OC)cc3)c2C1c1ccc(OCc2ccccc2Cl)cc1. The quantitative estimate of drug-likeness (QED) is 0.326. The first kappa shape index (κ1) is 23.9. The monoisotopic (exact) mass is 503 g/mol. The van der Waals surface area contributed by atoms with Gasteiger partial charge in [-0.2, -0.15) is 5.10 Å². The van der Waals surface area contributed by atoms with Crippen LogP contribution < -0.4 is 9.47 Å². The topological polar surface area (TPSA) is 76.7 Å². The van der Waals surface area contributed by atoms with Crippen LogP contribution in [0.2, 0.25) is 5.02 Å². The number of nitrogens with one attached hydrogen (secondary N) is 1. The zero-order chi connectivity index (χ0) is 25.1. The lowest BCUT2D eigenvalue weighted by atomic mass is 9.96. The predicted octanol–water partition coefficient (Wildman–Crippen LogP) is 5.51. The summed E-state index contributed by atoms with van der Waals surface area (Å²) in [6.07, 6.45) is 0. The normalized spacial score (nSPS) is 14.7. The molecule has 1 amide bonds. The molecule has 2 heterocycles. The Hall–Kier alpha value is -3.81. The van der Waals surface area contributed by atoms with Crippen molar-refractivity contribution in [2.45, 2.75) is 12.6 Å². The largest absolute Gasteiger partial charge is 0.497 e. The highest BCUT2D eigenvalue weighted by molar-refractivity contribution is 6.31. The Bertz CT molecular complexity index is 1350. The number of carbonyl (C=O) groups excluding carboxylic acids is 1. The summed E-state index contributed by atoms with van der Waals surface area (Å²) >= 11 is 6.25. The molecular weight excluding hydrogens is 478 g/mol. The van der Waals surface area contributed by atoms with Crippen molar-refractivity contribution < 1.29 is 19.0 Å². The molecule has 0 saturated carbocycles. The van der Waals surface area contributed by atoms with Gasteiger partial charge in [-0.3, -0.25) is 9.89 Å². The molecule has 0 bridgehead atoms. The number of benzene rings is 3. The fourth-order valence-electron chi connectivity index (χ4n) is 4.46. The Morgan fingerprint density at radius 1 is 0.972 bits per heavy atom. The molecule has 5 rings (SSSR count). The number of H-pyrrole nitrogens is 1. The third-order valence-corrected chi connectivity index (χ3v) is 6.68. The van der Waals surface area contributed by atoms with Crippen molar-refractivity contribution in [2.75, 3.05) is 27.4 Å². The molecule has 0 aliphatic carbocycles. The maximum Gasteiger partial charge on any atom is 0.273 e. The smallest absolute Gasteiger partial charge is 0.273 e. The standard InChI is InChI=1S/C28H26ClN3O4/c1-34-16-15-32-27(19-9-13-22(14-10-19)36-17-20-5-3-4-6-23(20)29)24-25(30-31-26(24)28(32)33)18-7-11-21(35-2)12-8-18/h3-14,27H,15-17H2,1-2H3,(H,30,31). The van der Waals surface area contributed by atoms with E-state index in [0.717, 1.165) is 33.7 Å². The van der Waals surface area contributed by atoms with E-state index in [-0.39, 0.29) is 11.9 Å². The van der Waals surface area contributed by atoms with E-state index >= 15 is 0 Å². The Kier molecular flexibility index (Phi) is 6.93. The first-order valence-corrected chi connectivity index (χ1v) is 12.0. The van der Waals surface area contributed by atoms with Crippen molar-refractivity contribution in [2.24, 2.45) is 0 Å². The van der Waals surface area contributed by atoms with Gasteiger partial charge in [0.15, 0.2) is 0 Å². The molecule has 0 fully saturated rings. The van der Waals surface area contributed by atoms with Gasteiger partial charge in [-0.05, 0) is 48.0 Å². The first-order valence-electron chi connectivity index (χ1n) is 11.6. The molecule has 8 heteroatoms. The second kappa shape index (κ2) is 10.4. The summed E-state index contributed by atoms with van der Waals surface area (Å²) in [5, 5.41) is 8.16. The maximum atomic E-state index is 13.3. The first-order chi connectivity index (χ1) is 17.6. The van der Waals surface area contributed by atoms with Gasteiger partial charge in [0.2, 0.25) is 0 Å². The number of rotatable bonds is 9. The van der Waals surface area contributed by atoms with E-state index in [0.29, 0.717) is 36.2 Å². The highest BCUT2D eigenvalue weighted by Crippen LogP contribution is 2.43. The van der Waals surface area contributed by atoms with E-state index < -0.39 is 0 Å². The number of amides is 1. The second-order valence-corrected chi connectivity index (χ2v) is 8.84. The molecule has 1 unspecified atom stereocenters. The molecule has 1 N–H and O–H groups in total.